The first-order valence-corrected chi connectivity index (χ1v) is 10.8. The number of nitrogens with one attached hydrogen (secondary N) is 1. The molecule has 8 heteroatoms. The fraction of sp³-hybridized carbons (Fsp3) is 0.0909. The largest absolute Gasteiger partial charge is 0.346 e. The van der Waals surface area contributed by atoms with Crippen molar-refractivity contribution in [1.82, 2.24) is 25.1 Å². The summed E-state index contributed by atoms with van der Waals surface area (Å²) in [7, 11) is 0. The average Bonchev–Trinajstić information content (AvgIpc) is 3.23. The summed E-state index contributed by atoms with van der Waals surface area (Å²) in [5.74, 6) is -0.357. The number of rotatable bonds is 6. The molecule has 30 heavy (non-hydrogen) atoms. The Bertz CT molecular complexity index is 1160. The summed E-state index contributed by atoms with van der Waals surface area (Å²) in [4.78, 5) is 21.0. The van der Waals surface area contributed by atoms with Crippen LogP contribution in [0.3, 0.4) is 0 Å². The first-order valence-electron chi connectivity index (χ1n) is 9.20. The molecule has 0 bridgehead atoms. The van der Waals surface area contributed by atoms with Crippen molar-refractivity contribution in [2.75, 3.05) is 6.26 Å². The SMILES string of the molecule is CSc1ncc(Cl)c(C(=O)NCc2cn(-c3ccccc3)nc2-c2ccccc2)n1. The summed E-state index contributed by atoms with van der Waals surface area (Å²) in [6, 6.07) is 19.7. The van der Waals surface area contributed by atoms with E-state index in [0.717, 1.165) is 22.5 Å². The van der Waals surface area contributed by atoms with Crippen LogP contribution in [0.15, 0.2) is 78.2 Å². The highest BCUT2D eigenvalue weighted by Gasteiger charge is 2.17. The maximum atomic E-state index is 12.7. The highest BCUT2D eigenvalue weighted by Crippen LogP contribution is 2.24. The molecule has 0 aliphatic carbocycles. The topological polar surface area (TPSA) is 72.7 Å². The van der Waals surface area contributed by atoms with Gasteiger partial charge in [-0.25, -0.2) is 14.6 Å². The molecule has 4 aromatic rings. The second kappa shape index (κ2) is 9.11. The highest BCUT2D eigenvalue weighted by molar-refractivity contribution is 7.98. The van der Waals surface area contributed by atoms with Crippen molar-refractivity contribution in [3.63, 3.8) is 0 Å². The molecule has 4 rings (SSSR count). The molecule has 6 nitrogen and oxygen atoms in total. The van der Waals surface area contributed by atoms with Crippen molar-refractivity contribution in [3.8, 4) is 16.9 Å². The maximum Gasteiger partial charge on any atom is 0.271 e. The van der Waals surface area contributed by atoms with Gasteiger partial charge in [0.2, 0.25) is 0 Å². The van der Waals surface area contributed by atoms with Gasteiger partial charge in [0, 0.05) is 23.9 Å². The lowest BCUT2D eigenvalue weighted by atomic mass is 10.1. The second-order valence-corrected chi connectivity index (χ2v) is 7.57. The van der Waals surface area contributed by atoms with Crippen molar-refractivity contribution in [2.45, 2.75) is 11.7 Å². The van der Waals surface area contributed by atoms with E-state index in [-0.39, 0.29) is 23.2 Å². The average molecular weight is 436 g/mol. The fourth-order valence-corrected chi connectivity index (χ4v) is 3.48. The van der Waals surface area contributed by atoms with Gasteiger partial charge in [-0.1, -0.05) is 71.9 Å². The van der Waals surface area contributed by atoms with Gasteiger partial charge in [-0.15, -0.1) is 0 Å². The van der Waals surface area contributed by atoms with Crippen LogP contribution in [0.5, 0.6) is 0 Å². The molecule has 0 radical (unpaired) electrons. The number of amides is 1. The molecule has 2 aromatic heterocycles. The number of nitrogens with zero attached hydrogens (tertiary/aromatic N) is 4. The summed E-state index contributed by atoms with van der Waals surface area (Å²) in [6.07, 6.45) is 5.21. The summed E-state index contributed by atoms with van der Waals surface area (Å²) < 4.78 is 1.81. The van der Waals surface area contributed by atoms with Crippen molar-refractivity contribution >= 4 is 29.3 Å². The molecule has 150 valence electrons. The van der Waals surface area contributed by atoms with E-state index in [2.05, 4.69) is 15.3 Å². The molecule has 0 spiro atoms. The molecule has 0 aliphatic heterocycles. The Morgan fingerprint density at radius 2 is 1.80 bits per heavy atom. The molecule has 0 fully saturated rings. The number of hydrogen-bond donors (Lipinski definition) is 1. The number of benzene rings is 2. The second-order valence-electron chi connectivity index (χ2n) is 6.39. The Morgan fingerprint density at radius 1 is 1.10 bits per heavy atom. The van der Waals surface area contributed by atoms with Crippen LogP contribution < -0.4 is 5.32 Å². The summed E-state index contributed by atoms with van der Waals surface area (Å²) >= 11 is 7.48. The molecular weight excluding hydrogens is 418 g/mol. The van der Waals surface area contributed by atoms with Crippen LogP contribution in [0.25, 0.3) is 16.9 Å². The van der Waals surface area contributed by atoms with Gasteiger partial charge in [0.05, 0.1) is 22.6 Å². The van der Waals surface area contributed by atoms with E-state index >= 15 is 0 Å². The minimum absolute atomic E-state index is 0.160. The summed E-state index contributed by atoms with van der Waals surface area (Å²) in [6.45, 7) is 0.283. The van der Waals surface area contributed by atoms with Crippen LogP contribution >= 0.6 is 23.4 Å². The predicted molar refractivity (Wildman–Crippen MR) is 119 cm³/mol. The van der Waals surface area contributed by atoms with Crippen molar-refractivity contribution in [3.05, 3.63) is 89.3 Å². The van der Waals surface area contributed by atoms with Crippen LogP contribution in [0.4, 0.5) is 0 Å². The standard InChI is InChI=1S/C22H18ClN5OS/c1-30-22-25-13-18(23)20(26-22)21(29)24-12-16-14-28(17-10-6-3-7-11-17)27-19(16)15-8-4-2-5-9-15/h2-11,13-14H,12H2,1H3,(H,24,29). The van der Waals surface area contributed by atoms with Gasteiger partial charge in [0.15, 0.2) is 10.9 Å². The zero-order valence-corrected chi connectivity index (χ0v) is 17.7. The number of aromatic nitrogens is 4. The van der Waals surface area contributed by atoms with Crippen molar-refractivity contribution in [1.29, 1.82) is 0 Å². The first kappa shape index (κ1) is 20.1. The van der Waals surface area contributed by atoms with E-state index in [4.69, 9.17) is 16.7 Å². The van der Waals surface area contributed by atoms with Crippen LogP contribution in [-0.4, -0.2) is 31.9 Å². The Morgan fingerprint density at radius 3 is 2.50 bits per heavy atom. The number of hydrogen-bond acceptors (Lipinski definition) is 5. The van der Waals surface area contributed by atoms with E-state index in [0.29, 0.717) is 5.16 Å². The molecule has 1 amide bonds. The fourth-order valence-electron chi connectivity index (χ4n) is 2.96. The summed E-state index contributed by atoms with van der Waals surface area (Å²) in [5, 5.41) is 8.37. The number of thioether (sulfide) groups is 1. The van der Waals surface area contributed by atoms with Gasteiger partial charge in [-0.2, -0.15) is 5.10 Å². The lowest BCUT2D eigenvalue weighted by Crippen LogP contribution is -2.24. The van der Waals surface area contributed by atoms with E-state index in [1.165, 1.54) is 18.0 Å². The zero-order valence-electron chi connectivity index (χ0n) is 16.1. The molecule has 0 atom stereocenters. The van der Waals surface area contributed by atoms with E-state index in [9.17, 15) is 4.79 Å². The van der Waals surface area contributed by atoms with Crippen LogP contribution in [-0.2, 0) is 6.54 Å². The molecule has 2 heterocycles. The number of carbonyl (C=O) groups is 1. The Labute approximate surface area is 183 Å². The minimum Gasteiger partial charge on any atom is -0.346 e. The molecular formula is C22H18ClN5OS. The van der Waals surface area contributed by atoms with Crippen molar-refractivity contribution < 1.29 is 4.79 Å². The monoisotopic (exact) mass is 435 g/mol. The lowest BCUT2D eigenvalue weighted by molar-refractivity contribution is 0.0945. The maximum absolute atomic E-state index is 12.7. The Hall–Kier alpha value is -3.16. The van der Waals surface area contributed by atoms with Crippen LogP contribution in [0.2, 0.25) is 5.02 Å². The quantitative estimate of drug-likeness (QED) is 0.353. The van der Waals surface area contributed by atoms with E-state index in [1.54, 1.807) is 0 Å². The van der Waals surface area contributed by atoms with Gasteiger partial charge >= 0.3 is 0 Å². The van der Waals surface area contributed by atoms with Gasteiger partial charge in [0.25, 0.3) is 5.91 Å². The van der Waals surface area contributed by atoms with Gasteiger partial charge in [-0.05, 0) is 18.4 Å². The van der Waals surface area contributed by atoms with Crippen LogP contribution in [0.1, 0.15) is 16.1 Å². The normalized spacial score (nSPS) is 10.7. The van der Waals surface area contributed by atoms with Gasteiger partial charge < -0.3 is 5.32 Å². The lowest BCUT2D eigenvalue weighted by Gasteiger charge is -2.07. The molecule has 0 saturated heterocycles. The Kier molecular flexibility index (Phi) is 6.11. The smallest absolute Gasteiger partial charge is 0.271 e. The molecule has 0 saturated carbocycles. The van der Waals surface area contributed by atoms with Gasteiger partial charge in [-0.3, -0.25) is 4.79 Å². The first-order chi connectivity index (χ1) is 14.7. The number of carbonyl (C=O) groups excluding carboxylic acids is 1. The third-order valence-corrected chi connectivity index (χ3v) is 5.26. The molecule has 0 aliphatic rings. The van der Waals surface area contributed by atoms with Crippen molar-refractivity contribution in [2.24, 2.45) is 0 Å². The summed E-state index contributed by atoms with van der Waals surface area (Å²) in [5.41, 5.74) is 3.76. The van der Waals surface area contributed by atoms with Gasteiger partial charge in [0.1, 0.15) is 0 Å². The molecule has 2 aromatic carbocycles. The number of para-hydroxylation sites is 1. The Balaban J connectivity index is 1.63. The van der Waals surface area contributed by atoms with Crippen LogP contribution in [0, 0.1) is 0 Å². The highest BCUT2D eigenvalue weighted by atomic mass is 35.5. The minimum atomic E-state index is -0.357. The zero-order chi connectivity index (χ0) is 20.9. The third-order valence-electron chi connectivity index (χ3n) is 4.42. The predicted octanol–water partition coefficient (Wildman–Crippen LogP) is 4.63. The van der Waals surface area contributed by atoms with E-state index in [1.807, 2.05) is 77.8 Å². The molecule has 1 N–H and O–H groups in total. The molecule has 0 unspecified atom stereocenters. The third kappa shape index (κ3) is 4.37. The number of halogens is 1. The van der Waals surface area contributed by atoms with E-state index < -0.39 is 0 Å².